The molecule has 0 bridgehead atoms. The van der Waals surface area contributed by atoms with Crippen LogP contribution in [0.25, 0.3) is 10.9 Å². The van der Waals surface area contributed by atoms with E-state index < -0.39 is 0 Å². The van der Waals surface area contributed by atoms with Crippen molar-refractivity contribution in [3.63, 3.8) is 0 Å². The van der Waals surface area contributed by atoms with Crippen LogP contribution in [0.15, 0.2) is 61.1 Å². The number of carbonyl (C=O) groups is 1. The number of nitrogens with zero attached hydrogens (tertiary/aromatic N) is 4. The van der Waals surface area contributed by atoms with Crippen molar-refractivity contribution in [2.45, 2.75) is 19.0 Å². The fourth-order valence-corrected chi connectivity index (χ4v) is 4.39. The molecule has 2 saturated heterocycles. The van der Waals surface area contributed by atoms with Crippen LogP contribution in [-0.2, 0) is 6.54 Å². The van der Waals surface area contributed by atoms with Gasteiger partial charge in [0.2, 0.25) is 0 Å². The van der Waals surface area contributed by atoms with Gasteiger partial charge >= 0.3 is 0 Å². The van der Waals surface area contributed by atoms with Crippen LogP contribution in [0.2, 0.25) is 0 Å². The Morgan fingerprint density at radius 3 is 2.93 bits per heavy atom. The van der Waals surface area contributed by atoms with Crippen molar-refractivity contribution in [2.75, 3.05) is 19.6 Å². The minimum atomic E-state index is 0.132. The van der Waals surface area contributed by atoms with Crippen molar-refractivity contribution >= 4 is 16.8 Å². The summed E-state index contributed by atoms with van der Waals surface area (Å²) in [5, 5.41) is 1.01. The molecule has 2 aliphatic heterocycles. The van der Waals surface area contributed by atoms with Gasteiger partial charge in [0, 0.05) is 61.8 Å². The maximum absolute atomic E-state index is 13.1. The van der Waals surface area contributed by atoms with Gasteiger partial charge in [-0.25, -0.2) is 0 Å². The summed E-state index contributed by atoms with van der Waals surface area (Å²) in [7, 11) is 0. The first kappa shape index (κ1) is 16.4. The summed E-state index contributed by atoms with van der Waals surface area (Å²) in [5.41, 5.74) is 2.92. The Morgan fingerprint density at radius 2 is 2.04 bits per heavy atom. The predicted octanol–water partition coefficient (Wildman–Crippen LogP) is 2.98. The molecule has 0 unspecified atom stereocenters. The number of amides is 1. The van der Waals surface area contributed by atoms with Crippen molar-refractivity contribution in [1.82, 2.24) is 19.8 Å². The van der Waals surface area contributed by atoms with E-state index in [2.05, 4.69) is 20.9 Å². The lowest BCUT2D eigenvalue weighted by molar-refractivity contribution is -0.0427. The number of aromatic nitrogens is 2. The number of fused-ring (bicyclic) bond motifs is 2. The maximum Gasteiger partial charge on any atom is 0.253 e. The molecular weight excluding hydrogens is 336 g/mol. The van der Waals surface area contributed by atoms with Gasteiger partial charge in [-0.1, -0.05) is 12.1 Å². The molecule has 0 saturated carbocycles. The lowest BCUT2D eigenvalue weighted by Gasteiger charge is -2.53. The second kappa shape index (κ2) is 6.74. The second-order valence-corrected chi connectivity index (χ2v) is 7.57. The minimum absolute atomic E-state index is 0.132. The summed E-state index contributed by atoms with van der Waals surface area (Å²) in [6, 6.07) is 14.3. The molecule has 27 heavy (non-hydrogen) atoms. The Balaban J connectivity index is 1.30. The molecule has 2 atom stereocenters. The number of rotatable bonds is 3. The fourth-order valence-electron chi connectivity index (χ4n) is 4.39. The van der Waals surface area contributed by atoms with Crippen molar-refractivity contribution in [3.8, 4) is 0 Å². The largest absolute Gasteiger partial charge is 0.337 e. The first-order valence-corrected chi connectivity index (χ1v) is 9.55. The number of hydrogen-bond donors (Lipinski definition) is 0. The summed E-state index contributed by atoms with van der Waals surface area (Å²) in [6.45, 7) is 3.71. The van der Waals surface area contributed by atoms with Crippen molar-refractivity contribution in [2.24, 2.45) is 5.92 Å². The van der Waals surface area contributed by atoms with Gasteiger partial charge in [0.05, 0.1) is 5.52 Å². The summed E-state index contributed by atoms with van der Waals surface area (Å²) in [6.07, 6.45) is 6.61. The Hall–Kier alpha value is -2.79. The lowest BCUT2D eigenvalue weighted by atomic mass is 9.82. The Bertz CT molecular complexity index is 974. The Morgan fingerprint density at radius 1 is 1.11 bits per heavy atom. The molecular formula is C22H22N4O. The van der Waals surface area contributed by atoms with Crippen LogP contribution in [-0.4, -0.2) is 51.4 Å². The average Bonchev–Trinajstić information content (AvgIpc) is 2.72. The Labute approximate surface area is 158 Å². The van der Waals surface area contributed by atoms with Gasteiger partial charge in [-0.05, 0) is 48.2 Å². The quantitative estimate of drug-likeness (QED) is 0.722. The number of likely N-dealkylation sites (tertiary alicyclic amines) is 2. The topological polar surface area (TPSA) is 49.3 Å². The molecule has 2 aromatic heterocycles. The first-order chi connectivity index (χ1) is 13.3. The molecule has 0 N–H and O–H groups in total. The SMILES string of the molecule is O=C(c1ccc2ncccc2c1)N1CC[C@@H]2CN(Cc3cccnc3)[C@@H]2C1. The monoisotopic (exact) mass is 358 g/mol. The molecule has 136 valence electrons. The molecule has 5 heteroatoms. The van der Waals surface area contributed by atoms with Gasteiger partial charge < -0.3 is 4.90 Å². The van der Waals surface area contributed by atoms with Crippen molar-refractivity contribution < 1.29 is 4.79 Å². The van der Waals surface area contributed by atoms with E-state index in [4.69, 9.17) is 0 Å². The van der Waals surface area contributed by atoms with Gasteiger partial charge in [0.25, 0.3) is 5.91 Å². The third kappa shape index (κ3) is 3.08. The fraction of sp³-hybridized carbons (Fsp3) is 0.318. The first-order valence-electron chi connectivity index (χ1n) is 9.55. The number of benzene rings is 1. The molecule has 5 rings (SSSR count). The number of carbonyl (C=O) groups excluding carboxylic acids is 1. The smallest absolute Gasteiger partial charge is 0.253 e. The van der Waals surface area contributed by atoms with E-state index in [-0.39, 0.29) is 5.91 Å². The van der Waals surface area contributed by atoms with E-state index in [1.54, 1.807) is 6.20 Å². The zero-order chi connectivity index (χ0) is 18.2. The number of hydrogen-bond acceptors (Lipinski definition) is 4. The van der Waals surface area contributed by atoms with Gasteiger partial charge in [-0.3, -0.25) is 19.7 Å². The molecule has 0 aliphatic carbocycles. The van der Waals surface area contributed by atoms with E-state index in [0.717, 1.165) is 49.1 Å². The highest BCUT2D eigenvalue weighted by Crippen LogP contribution is 2.34. The summed E-state index contributed by atoms with van der Waals surface area (Å²) in [5.74, 6) is 0.846. The van der Waals surface area contributed by atoms with Crippen LogP contribution in [0.3, 0.4) is 0 Å². The van der Waals surface area contributed by atoms with Gasteiger partial charge in [0.1, 0.15) is 0 Å². The number of pyridine rings is 2. The van der Waals surface area contributed by atoms with Crippen LogP contribution >= 0.6 is 0 Å². The zero-order valence-electron chi connectivity index (χ0n) is 15.2. The van der Waals surface area contributed by atoms with E-state index >= 15 is 0 Å². The standard InChI is InChI=1S/C22H22N4O/c27-22(18-5-6-20-17(11-18)4-2-9-24-20)25-10-7-19-14-26(21(19)15-25)13-16-3-1-8-23-12-16/h1-6,8-9,11-12,19,21H,7,10,13-15H2/t19-,21-/m1/s1. The van der Waals surface area contributed by atoms with E-state index in [1.165, 1.54) is 5.56 Å². The van der Waals surface area contributed by atoms with Crippen LogP contribution in [0.5, 0.6) is 0 Å². The van der Waals surface area contributed by atoms with Crippen LogP contribution < -0.4 is 0 Å². The van der Waals surface area contributed by atoms with E-state index in [1.807, 2.05) is 53.7 Å². The highest BCUT2D eigenvalue weighted by Gasteiger charge is 2.43. The third-order valence-electron chi connectivity index (χ3n) is 5.91. The average molecular weight is 358 g/mol. The normalized spacial score (nSPS) is 22.3. The van der Waals surface area contributed by atoms with Crippen LogP contribution in [0, 0.1) is 5.92 Å². The van der Waals surface area contributed by atoms with Gasteiger partial charge in [-0.2, -0.15) is 0 Å². The second-order valence-electron chi connectivity index (χ2n) is 7.57. The lowest BCUT2D eigenvalue weighted by Crippen LogP contribution is -2.64. The molecule has 5 nitrogen and oxygen atoms in total. The van der Waals surface area contributed by atoms with Crippen LogP contribution in [0.4, 0.5) is 0 Å². The summed E-state index contributed by atoms with van der Waals surface area (Å²) in [4.78, 5) is 26.1. The Kier molecular flexibility index (Phi) is 4.09. The molecule has 0 radical (unpaired) electrons. The van der Waals surface area contributed by atoms with E-state index in [0.29, 0.717) is 12.0 Å². The van der Waals surface area contributed by atoms with Crippen molar-refractivity contribution in [1.29, 1.82) is 0 Å². The molecule has 2 aliphatic rings. The number of piperidine rings is 1. The summed E-state index contributed by atoms with van der Waals surface area (Å²) < 4.78 is 0. The highest BCUT2D eigenvalue weighted by molar-refractivity contribution is 5.98. The minimum Gasteiger partial charge on any atom is -0.337 e. The summed E-state index contributed by atoms with van der Waals surface area (Å²) >= 11 is 0. The molecule has 0 spiro atoms. The van der Waals surface area contributed by atoms with Gasteiger partial charge in [0.15, 0.2) is 0 Å². The van der Waals surface area contributed by atoms with Crippen LogP contribution in [0.1, 0.15) is 22.3 Å². The molecule has 2 fully saturated rings. The van der Waals surface area contributed by atoms with Crippen molar-refractivity contribution in [3.05, 3.63) is 72.2 Å². The predicted molar refractivity (Wildman–Crippen MR) is 104 cm³/mol. The van der Waals surface area contributed by atoms with E-state index in [9.17, 15) is 4.79 Å². The highest BCUT2D eigenvalue weighted by atomic mass is 16.2. The molecule has 4 heterocycles. The zero-order valence-corrected chi connectivity index (χ0v) is 15.2. The molecule has 1 aromatic carbocycles. The maximum atomic E-state index is 13.1. The third-order valence-corrected chi connectivity index (χ3v) is 5.91. The molecule has 3 aromatic rings. The van der Waals surface area contributed by atoms with Gasteiger partial charge in [-0.15, -0.1) is 0 Å². The molecule has 1 amide bonds.